The monoisotopic (exact) mass is 339 g/mol. The highest BCUT2D eigenvalue weighted by molar-refractivity contribution is 9.10. The zero-order chi connectivity index (χ0) is 10.6. The summed E-state index contributed by atoms with van der Waals surface area (Å²) >= 11 is 8.15. The summed E-state index contributed by atoms with van der Waals surface area (Å²) in [5.41, 5.74) is 0. The number of alkyl halides is 1. The lowest BCUT2D eigenvalue weighted by atomic mass is 10.2. The topological polar surface area (TPSA) is 29.1 Å². The molecule has 1 rings (SSSR count). The van der Waals surface area contributed by atoms with Crippen molar-refractivity contribution in [1.82, 2.24) is 5.32 Å². The van der Waals surface area contributed by atoms with E-state index in [-0.39, 0.29) is 11.9 Å². The minimum atomic E-state index is -0.00169. The van der Waals surface area contributed by atoms with Crippen LogP contribution in [0.5, 0.6) is 0 Å². The highest BCUT2D eigenvalue weighted by Crippen LogP contribution is 2.22. The molecule has 78 valence electrons. The van der Waals surface area contributed by atoms with Gasteiger partial charge in [0.2, 0.25) is 0 Å². The molecule has 0 aliphatic rings. The van der Waals surface area contributed by atoms with E-state index in [1.807, 2.05) is 11.4 Å². The maximum Gasteiger partial charge on any atom is 0.262 e. The van der Waals surface area contributed by atoms with Crippen LogP contribution in [-0.2, 0) is 0 Å². The van der Waals surface area contributed by atoms with E-state index >= 15 is 0 Å². The van der Waals surface area contributed by atoms with E-state index in [0.717, 1.165) is 21.1 Å². The molecule has 0 aliphatic heterocycles. The Balaban J connectivity index is 2.63. The third-order valence-electron chi connectivity index (χ3n) is 1.84. The molecule has 0 aromatic carbocycles. The van der Waals surface area contributed by atoms with Gasteiger partial charge < -0.3 is 5.32 Å². The molecule has 0 spiro atoms. The molecular formula is C9H11Br2NOS. The SMILES string of the molecule is CCC(CBr)NC(=O)c1sccc1Br. The van der Waals surface area contributed by atoms with E-state index in [9.17, 15) is 4.79 Å². The highest BCUT2D eigenvalue weighted by Gasteiger charge is 2.14. The lowest BCUT2D eigenvalue weighted by Crippen LogP contribution is -2.35. The van der Waals surface area contributed by atoms with E-state index in [4.69, 9.17) is 0 Å². The number of rotatable bonds is 4. The Morgan fingerprint density at radius 1 is 1.71 bits per heavy atom. The smallest absolute Gasteiger partial charge is 0.262 e. The molecule has 0 fully saturated rings. The van der Waals surface area contributed by atoms with Crippen molar-refractivity contribution in [2.75, 3.05) is 5.33 Å². The molecule has 0 aliphatic carbocycles. The molecule has 14 heavy (non-hydrogen) atoms. The molecule has 5 heteroatoms. The summed E-state index contributed by atoms with van der Waals surface area (Å²) in [6.07, 6.45) is 0.931. The van der Waals surface area contributed by atoms with Gasteiger partial charge in [-0.2, -0.15) is 0 Å². The zero-order valence-corrected chi connectivity index (χ0v) is 11.7. The largest absolute Gasteiger partial charge is 0.348 e. The lowest BCUT2D eigenvalue weighted by Gasteiger charge is -2.12. The molecule has 0 bridgehead atoms. The zero-order valence-electron chi connectivity index (χ0n) is 7.72. The van der Waals surface area contributed by atoms with E-state index in [0.29, 0.717) is 0 Å². The molecule has 1 aromatic rings. The molecule has 1 aromatic heterocycles. The summed E-state index contributed by atoms with van der Waals surface area (Å²) in [6.45, 7) is 2.05. The Morgan fingerprint density at radius 3 is 2.86 bits per heavy atom. The summed E-state index contributed by atoms with van der Waals surface area (Å²) in [4.78, 5) is 12.4. The van der Waals surface area contributed by atoms with Gasteiger partial charge in [0.05, 0.1) is 0 Å². The van der Waals surface area contributed by atoms with Gasteiger partial charge in [0, 0.05) is 15.8 Å². The standard InChI is InChI=1S/C9H11Br2NOS/c1-2-6(5-10)12-9(13)8-7(11)3-4-14-8/h3-4,6H,2,5H2,1H3,(H,12,13). The first-order chi connectivity index (χ1) is 6.69. The number of nitrogens with one attached hydrogen (secondary N) is 1. The molecule has 1 heterocycles. The summed E-state index contributed by atoms with van der Waals surface area (Å²) in [7, 11) is 0. The maximum atomic E-state index is 11.7. The Bertz CT molecular complexity index is 310. The normalized spacial score (nSPS) is 12.5. The maximum absolute atomic E-state index is 11.7. The van der Waals surface area contributed by atoms with Crippen LogP contribution in [0.4, 0.5) is 0 Å². The van der Waals surface area contributed by atoms with Crippen LogP contribution in [0, 0.1) is 0 Å². The predicted molar refractivity (Wildman–Crippen MR) is 67.4 cm³/mol. The van der Waals surface area contributed by atoms with E-state index in [1.165, 1.54) is 11.3 Å². The van der Waals surface area contributed by atoms with Crippen molar-refractivity contribution >= 4 is 49.1 Å². The fourth-order valence-corrected chi connectivity index (χ4v) is 3.03. The second-order valence-corrected chi connectivity index (χ2v) is 5.25. The number of hydrogen-bond acceptors (Lipinski definition) is 2. The lowest BCUT2D eigenvalue weighted by molar-refractivity contribution is 0.0943. The van der Waals surface area contributed by atoms with Crippen molar-refractivity contribution in [2.24, 2.45) is 0 Å². The fourth-order valence-electron chi connectivity index (χ4n) is 0.956. The summed E-state index contributed by atoms with van der Waals surface area (Å²) in [5.74, 6) is -0.00169. The van der Waals surface area contributed by atoms with Crippen LogP contribution < -0.4 is 5.32 Å². The molecule has 1 N–H and O–H groups in total. The second-order valence-electron chi connectivity index (χ2n) is 2.83. The van der Waals surface area contributed by atoms with Gasteiger partial charge in [0.15, 0.2) is 0 Å². The van der Waals surface area contributed by atoms with Gasteiger partial charge in [-0.25, -0.2) is 0 Å². The van der Waals surface area contributed by atoms with Crippen molar-refractivity contribution in [2.45, 2.75) is 19.4 Å². The second kappa shape index (κ2) is 5.88. The molecular weight excluding hydrogens is 330 g/mol. The van der Waals surface area contributed by atoms with E-state index in [1.54, 1.807) is 0 Å². The van der Waals surface area contributed by atoms with Gasteiger partial charge in [-0.05, 0) is 33.8 Å². The summed E-state index contributed by atoms with van der Waals surface area (Å²) < 4.78 is 0.865. The van der Waals surface area contributed by atoms with Crippen LogP contribution in [0.2, 0.25) is 0 Å². The highest BCUT2D eigenvalue weighted by atomic mass is 79.9. The van der Waals surface area contributed by atoms with E-state index in [2.05, 4.69) is 44.1 Å². The quantitative estimate of drug-likeness (QED) is 0.836. The van der Waals surface area contributed by atoms with Crippen LogP contribution in [0.25, 0.3) is 0 Å². The van der Waals surface area contributed by atoms with Crippen LogP contribution in [0.1, 0.15) is 23.0 Å². The molecule has 0 saturated carbocycles. The number of carbonyl (C=O) groups excluding carboxylic acids is 1. The Morgan fingerprint density at radius 2 is 2.43 bits per heavy atom. The summed E-state index contributed by atoms with van der Waals surface area (Å²) in [6, 6.07) is 2.09. The molecule has 1 unspecified atom stereocenters. The number of halogens is 2. The molecule has 0 saturated heterocycles. The van der Waals surface area contributed by atoms with Crippen LogP contribution in [0.3, 0.4) is 0 Å². The first kappa shape index (κ1) is 12.2. The van der Waals surface area contributed by atoms with E-state index < -0.39 is 0 Å². The van der Waals surface area contributed by atoms with Crippen molar-refractivity contribution in [3.63, 3.8) is 0 Å². The van der Waals surface area contributed by atoms with Gasteiger partial charge in [-0.3, -0.25) is 4.79 Å². The van der Waals surface area contributed by atoms with Gasteiger partial charge in [0.25, 0.3) is 5.91 Å². The third kappa shape index (κ3) is 3.07. The molecule has 1 amide bonds. The Kier molecular flexibility index (Phi) is 5.12. The predicted octanol–water partition coefficient (Wildman–Crippen LogP) is 3.41. The van der Waals surface area contributed by atoms with Gasteiger partial charge in [-0.1, -0.05) is 22.9 Å². The van der Waals surface area contributed by atoms with Gasteiger partial charge in [-0.15, -0.1) is 11.3 Å². The van der Waals surface area contributed by atoms with Crippen LogP contribution in [-0.4, -0.2) is 17.3 Å². The first-order valence-electron chi connectivity index (χ1n) is 4.28. The van der Waals surface area contributed by atoms with Gasteiger partial charge in [0.1, 0.15) is 4.88 Å². The number of carbonyl (C=O) groups is 1. The fraction of sp³-hybridized carbons (Fsp3) is 0.444. The van der Waals surface area contributed by atoms with Gasteiger partial charge >= 0.3 is 0 Å². The molecule has 2 nitrogen and oxygen atoms in total. The van der Waals surface area contributed by atoms with Crippen LogP contribution in [0.15, 0.2) is 15.9 Å². The van der Waals surface area contributed by atoms with Crippen molar-refractivity contribution in [3.05, 3.63) is 20.8 Å². The molecule has 0 radical (unpaired) electrons. The Hall–Kier alpha value is 0.130. The number of hydrogen-bond donors (Lipinski definition) is 1. The van der Waals surface area contributed by atoms with Crippen molar-refractivity contribution < 1.29 is 4.79 Å². The first-order valence-corrected chi connectivity index (χ1v) is 7.08. The molecule has 1 atom stereocenters. The third-order valence-corrected chi connectivity index (χ3v) is 4.46. The average Bonchev–Trinajstić information content (AvgIpc) is 2.60. The number of amides is 1. The minimum Gasteiger partial charge on any atom is -0.348 e. The number of thiophene rings is 1. The Labute approximate surface area is 104 Å². The van der Waals surface area contributed by atoms with Crippen molar-refractivity contribution in [3.8, 4) is 0 Å². The summed E-state index contributed by atoms with van der Waals surface area (Å²) in [5, 5.41) is 5.64. The van der Waals surface area contributed by atoms with Crippen LogP contribution >= 0.6 is 43.2 Å². The van der Waals surface area contributed by atoms with Crippen molar-refractivity contribution in [1.29, 1.82) is 0 Å². The average molecular weight is 341 g/mol. The minimum absolute atomic E-state index is 0.00169.